The lowest BCUT2D eigenvalue weighted by molar-refractivity contribution is -0.147. The molecular weight excluding hydrogens is 434 g/mol. The molecule has 1 aliphatic heterocycles. The number of methoxy groups -OCH3 is 1. The maximum absolute atomic E-state index is 13.1. The van der Waals surface area contributed by atoms with Gasteiger partial charge in [-0.2, -0.15) is 0 Å². The summed E-state index contributed by atoms with van der Waals surface area (Å²) in [6, 6.07) is 14.8. The molecule has 0 bridgehead atoms. The molecule has 7 nitrogen and oxygen atoms in total. The van der Waals surface area contributed by atoms with Crippen molar-refractivity contribution in [1.82, 2.24) is 4.90 Å². The lowest BCUT2D eigenvalue weighted by Crippen LogP contribution is -2.47. The average Bonchev–Trinajstić information content (AvgIpc) is 2.84. The van der Waals surface area contributed by atoms with E-state index in [-0.39, 0.29) is 48.9 Å². The number of carbonyl (C=O) groups is 3. The number of piperidine rings is 1. The summed E-state index contributed by atoms with van der Waals surface area (Å²) in [7, 11) is 1.55. The van der Waals surface area contributed by atoms with E-state index in [2.05, 4.69) is 0 Å². The zero-order valence-electron chi connectivity index (χ0n) is 20.1. The Hall–Kier alpha value is -3.35. The number of Topliss-reactive ketones (excluding diaryl/α,β-unsaturated/α-hetero) is 1. The number of esters is 1. The molecule has 2 aromatic carbocycles. The third-order valence-corrected chi connectivity index (χ3v) is 6.23. The van der Waals surface area contributed by atoms with Gasteiger partial charge in [0.1, 0.15) is 6.61 Å². The van der Waals surface area contributed by atoms with Crippen LogP contribution in [0.25, 0.3) is 0 Å². The lowest BCUT2D eigenvalue weighted by atomic mass is 9.81. The number of ether oxygens (including phenoxy) is 3. The van der Waals surface area contributed by atoms with E-state index in [0.717, 1.165) is 12.0 Å². The van der Waals surface area contributed by atoms with Crippen LogP contribution in [0.1, 0.15) is 49.0 Å². The zero-order valence-corrected chi connectivity index (χ0v) is 20.1. The van der Waals surface area contributed by atoms with E-state index in [1.807, 2.05) is 37.3 Å². The van der Waals surface area contributed by atoms with E-state index < -0.39 is 0 Å². The molecule has 7 heteroatoms. The van der Waals surface area contributed by atoms with Crippen LogP contribution in [-0.4, -0.2) is 49.4 Å². The van der Waals surface area contributed by atoms with Crippen molar-refractivity contribution in [2.45, 2.75) is 39.7 Å². The van der Waals surface area contributed by atoms with Crippen molar-refractivity contribution < 1.29 is 28.6 Å². The number of hydrogen-bond acceptors (Lipinski definition) is 6. The SMILES string of the molecule is CCOC(=O)C[C@H]1CC(=O)N(CC(=O)c2ccc(OC)c(OCc3ccccc3)c2)C[C@@H]1CC. The molecule has 0 aromatic heterocycles. The molecule has 3 rings (SSSR count). The van der Waals surface area contributed by atoms with Crippen LogP contribution in [0, 0.1) is 11.8 Å². The summed E-state index contributed by atoms with van der Waals surface area (Å²) in [6.07, 6.45) is 1.31. The Kier molecular flexibility index (Phi) is 9.08. The van der Waals surface area contributed by atoms with E-state index in [1.54, 1.807) is 37.1 Å². The second-order valence-corrected chi connectivity index (χ2v) is 8.48. The van der Waals surface area contributed by atoms with Crippen LogP contribution < -0.4 is 9.47 Å². The highest BCUT2D eigenvalue weighted by molar-refractivity contribution is 6.00. The first-order chi connectivity index (χ1) is 16.4. The summed E-state index contributed by atoms with van der Waals surface area (Å²) in [5.41, 5.74) is 1.46. The Morgan fingerprint density at radius 2 is 1.79 bits per heavy atom. The molecule has 0 spiro atoms. The van der Waals surface area contributed by atoms with Crippen molar-refractivity contribution in [1.29, 1.82) is 0 Å². The van der Waals surface area contributed by atoms with E-state index in [9.17, 15) is 14.4 Å². The molecule has 1 saturated heterocycles. The Morgan fingerprint density at radius 3 is 2.47 bits per heavy atom. The Bertz CT molecular complexity index is 990. The van der Waals surface area contributed by atoms with Crippen LogP contribution in [0.3, 0.4) is 0 Å². The average molecular weight is 468 g/mol. The van der Waals surface area contributed by atoms with Gasteiger partial charge in [0.2, 0.25) is 5.91 Å². The van der Waals surface area contributed by atoms with Crippen LogP contribution in [0.5, 0.6) is 11.5 Å². The Balaban J connectivity index is 1.66. The maximum atomic E-state index is 13.1. The molecule has 0 N–H and O–H groups in total. The fourth-order valence-electron chi connectivity index (χ4n) is 4.30. The summed E-state index contributed by atoms with van der Waals surface area (Å²) < 4.78 is 16.4. The molecule has 2 aromatic rings. The van der Waals surface area contributed by atoms with Crippen LogP contribution in [0.4, 0.5) is 0 Å². The van der Waals surface area contributed by atoms with Crippen LogP contribution in [-0.2, 0) is 20.9 Å². The van der Waals surface area contributed by atoms with Gasteiger partial charge in [0, 0.05) is 24.9 Å². The Morgan fingerprint density at radius 1 is 1.03 bits per heavy atom. The molecule has 1 aliphatic rings. The Labute approximate surface area is 201 Å². The molecule has 182 valence electrons. The fourth-order valence-corrected chi connectivity index (χ4v) is 4.30. The monoisotopic (exact) mass is 467 g/mol. The summed E-state index contributed by atoms with van der Waals surface area (Å²) in [4.78, 5) is 39.4. The van der Waals surface area contributed by atoms with Crippen molar-refractivity contribution in [3.8, 4) is 11.5 Å². The van der Waals surface area contributed by atoms with Gasteiger partial charge in [-0.25, -0.2) is 0 Å². The van der Waals surface area contributed by atoms with Gasteiger partial charge in [0.05, 0.1) is 20.3 Å². The quantitative estimate of drug-likeness (QED) is 0.362. The molecule has 1 fully saturated rings. The van der Waals surface area contributed by atoms with Gasteiger partial charge in [-0.1, -0.05) is 43.7 Å². The minimum atomic E-state index is -0.274. The van der Waals surface area contributed by atoms with Crippen LogP contribution in [0.2, 0.25) is 0 Å². The topological polar surface area (TPSA) is 82.1 Å². The molecule has 2 atom stereocenters. The van der Waals surface area contributed by atoms with Gasteiger partial charge in [-0.3, -0.25) is 14.4 Å². The highest BCUT2D eigenvalue weighted by Gasteiger charge is 2.35. The van der Waals surface area contributed by atoms with Gasteiger partial charge in [-0.05, 0) is 42.5 Å². The summed E-state index contributed by atoms with van der Waals surface area (Å²) in [5.74, 6) is 0.556. The van der Waals surface area contributed by atoms with Gasteiger partial charge in [0.25, 0.3) is 0 Å². The highest BCUT2D eigenvalue weighted by atomic mass is 16.5. The number of amides is 1. The van der Waals surface area contributed by atoms with Gasteiger partial charge >= 0.3 is 5.97 Å². The van der Waals surface area contributed by atoms with Gasteiger partial charge < -0.3 is 19.1 Å². The molecule has 0 radical (unpaired) electrons. The number of ketones is 1. The number of rotatable bonds is 11. The predicted molar refractivity (Wildman–Crippen MR) is 128 cm³/mol. The first-order valence-electron chi connectivity index (χ1n) is 11.8. The van der Waals surface area contributed by atoms with E-state index in [1.165, 1.54) is 0 Å². The first-order valence-corrected chi connectivity index (χ1v) is 11.8. The predicted octanol–water partition coefficient (Wildman–Crippen LogP) is 4.28. The van der Waals surface area contributed by atoms with Crippen molar-refractivity contribution in [2.24, 2.45) is 11.8 Å². The van der Waals surface area contributed by atoms with Gasteiger partial charge in [0.15, 0.2) is 17.3 Å². The number of nitrogens with zero attached hydrogens (tertiary/aromatic N) is 1. The van der Waals surface area contributed by atoms with Crippen LogP contribution >= 0.6 is 0 Å². The zero-order chi connectivity index (χ0) is 24.5. The number of carbonyl (C=O) groups excluding carboxylic acids is 3. The molecular formula is C27H33NO6. The van der Waals surface area contributed by atoms with E-state index >= 15 is 0 Å². The van der Waals surface area contributed by atoms with Crippen molar-refractivity contribution in [3.05, 3.63) is 59.7 Å². The minimum absolute atomic E-state index is 0.00802. The first kappa shape index (κ1) is 25.3. The van der Waals surface area contributed by atoms with E-state index in [0.29, 0.717) is 36.8 Å². The summed E-state index contributed by atoms with van der Waals surface area (Å²) >= 11 is 0. The van der Waals surface area contributed by atoms with Crippen molar-refractivity contribution in [3.63, 3.8) is 0 Å². The van der Waals surface area contributed by atoms with Crippen molar-refractivity contribution >= 4 is 17.7 Å². The highest BCUT2D eigenvalue weighted by Crippen LogP contribution is 2.32. The van der Waals surface area contributed by atoms with Crippen LogP contribution in [0.15, 0.2) is 48.5 Å². The van der Waals surface area contributed by atoms with Crippen molar-refractivity contribution in [2.75, 3.05) is 26.8 Å². The lowest BCUT2D eigenvalue weighted by Gasteiger charge is -2.37. The molecule has 0 unspecified atom stereocenters. The molecule has 0 aliphatic carbocycles. The fraction of sp³-hybridized carbons (Fsp3) is 0.444. The number of benzene rings is 2. The summed E-state index contributed by atoms with van der Waals surface area (Å²) in [5, 5.41) is 0. The second kappa shape index (κ2) is 12.2. The van der Waals surface area contributed by atoms with Gasteiger partial charge in [-0.15, -0.1) is 0 Å². The summed E-state index contributed by atoms with van der Waals surface area (Å²) in [6.45, 7) is 4.93. The van der Waals surface area contributed by atoms with E-state index in [4.69, 9.17) is 14.2 Å². The number of likely N-dealkylation sites (tertiary alicyclic amines) is 1. The molecule has 34 heavy (non-hydrogen) atoms. The second-order valence-electron chi connectivity index (χ2n) is 8.48. The molecule has 1 heterocycles. The normalized spacial score (nSPS) is 17.9. The smallest absolute Gasteiger partial charge is 0.306 e. The minimum Gasteiger partial charge on any atom is -0.493 e. The largest absolute Gasteiger partial charge is 0.493 e. The molecule has 0 saturated carbocycles. The number of hydrogen-bond donors (Lipinski definition) is 0. The maximum Gasteiger partial charge on any atom is 0.306 e. The standard InChI is InChI=1S/C27H33NO6/c1-4-20-16-28(26(30)14-22(20)15-27(31)33-5-2)17-23(29)21-11-12-24(32-3)25(13-21)34-18-19-9-7-6-8-10-19/h6-13,20,22H,4-5,14-18H2,1-3H3/t20-,22+/m0/s1. The molecule has 1 amide bonds. The third-order valence-electron chi connectivity index (χ3n) is 6.23. The third kappa shape index (κ3) is 6.59.